The molecule has 92 valence electrons. The van der Waals surface area contributed by atoms with Gasteiger partial charge >= 0.3 is 5.97 Å². The van der Waals surface area contributed by atoms with Gasteiger partial charge in [0.05, 0.1) is 5.56 Å². The summed E-state index contributed by atoms with van der Waals surface area (Å²) >= 11 is 0. The van der Waals surface area contributed by atoms with Crippen LogP contribution in [0.4, 0.5) is 4.39 Å². The minimum absolute atomic E-state index is 0.0333. The van der Waals surface area contributed by atoms with E-state index < -0.39 is 11.8 Å². The zero-order valence-corrected chi connectivity index (χ0v) is 9.64. The maximum atomic E-state index is 13.6. The fourth-order valence-corrected chi connectivity index (χ4v) is 1.69. The van der Waals surface area contributed by atoms with Crippen molar-refractivity contribution in [2.45, 2.75) is 12.8 Å². The van der Waals surface area contributed by atoms with Crippen LogP contribution in [0.15, 0.2) is 42.6 Å². The van der Waals surface area contributed by atoms with Gasteiger partial charge in [-0.1, -0.05) is 12.1 Å². The summed E-state index contributed by atoms with van der Waals surface area (Å²) in [5.74, 6) is -1.60. The first-order valence-electron chi connectivity index (χ1n) is 5.58. The number of nitrogens with zero attached hydrogens (tertiary/aromatic N) is 1. The highest BCUT2D eigenvalue weighted by Crippen LogP contribution is 2.13. The lowest BCUT2D eigenvalue weighted by molar-refractivity contribution is 0.0696. The van der Waals surface area contributed by atoms with E-state index in [0.29, 0.717) is 18.4 Å². The third-order valence-electron chi connectivity index (χ3n) is 2.68. The molecular formula is C14H12FNO2. The van der Waals surface area contributed by atoms with Crippen molar-refractivity contribution in [3.63, 3.8) is 0 Å². The van der Waals surface area contributed by atoms with Crippen LogP contribution in [0.5, 0.6) is 0 Å². The summed E-state index contributed by atoms with van der Waals surface area (Å²) in [6.45, 7) is 0. The minimum Gasteiger partial charge on any atom is -0.478 e. The van der Waals surface area contributed by atoms with Crippen LogP contribution in [-0.2, 0) is 12.8 Å². The molecule has 0 saturated heterocycles. The number of carboxylic acids is 1. The van der Waals surface area contributed by atoms with Crippen molar-refractivity contribution in [1.29, 1.82) is 0 Å². The van der Waals surface area contributed by atoms with Gasteiger partial charge in [0.1, 0.15) is 5.82 Å². The molecule has 0 spiro atoms. The van der Waals surface area contributed by atoms with Crippen molar-refractivity contribution in [2.75, 3.05) is 0 Å². The Morgan fingerprint density at radius 1 is 1.22 bits per heavy atom. The van der Waals surface area contributed by atoms with Crippen LogP contribution >= 0.6 is 0 Å². The largest absolute Gasteiger partial charge is 0.478 e. The molecule has 0 atom stereocenters. The lowest BCUT2D eigenvalue weighted by atomic mass is 10.0. The predicted octanol–water partition coefficient (Wildman–Crippen LogP) is 2.70. The van der Waals surface area contributed by atoms with Gasteiger partial charge in [0.2, 0.25) is 0 Å². The summed E-state index contributed by atoms with van der Waals surface area (Å²) in [6.07, 6.45) is 2.83. The van der Waals surface area contributed by atoms with Gasteiger partial charge in [-0.05, 0) is 42.7 Å². The number of carbonyl (C=O) groups is 1. The molecule has 0 bridgehead atoms. The smallest absolute Gasteiger partial charge is 0.335 e. The molecule has 1 aromatic heterocycles. The van der Waals surface area contributed by atoms with E-state index in [1.165, 1.54) is 12.1 Å². The fourth-order valence-electron chi connectivity index (χ4n) is 1.69. The highest BCUT2D eigenvalue weighted by molar-refractivity contribution is 5.87. The predicted molar refractivity (Wildman–Crippen MR) is 65.0 cm³/mol. The quantitative estimate of drug-likeness (QED) is 0.901. The third kappa shape index (κ3) is 2.91. The first-order chi connectivity index (χ1) is 8.66. The molecule has 18 heavy (non-hydrogen) atoms. The second-order valence-corrected chi connectivity index (χ2v) is 3.93. The maximum Gasteiger partial charge on any atom is 0.335 e. The summed E-state index contributed by atoms with van der Waals surface area (Å²) in [7, 11) is 0. The maximum absolute atomic E-state index is 13.6. The topological polar surface area (TPSA) is 50.2 Å². The number of hydrogen-bond donors (Lipinski definition) is 1. The molecule has 0 amide bonds. The lowest BCUT2D eigenvalue weighted by Gasteiger charge is -2.04. The Balaban J connectivity index is 2.08. The van der Waals surface area contributed by atoms with Crippen LogP contribution in [0.1, 0.15) is 21.6 Å². The van der Waals surface area contributed by atoms with Crippen molar-refractivity contribution < 1.29 is 14.3 Å². The number of halogens is 1. The molecule has 2 rings (SSSR count). The van der Waals surface area contributed by atoms with Gasteiger partial charge in [0, 0.05) is 11.9 Å². The Bertz CT molecular complexity index is 555. The highest BCUT2D eigenvalue weighted by Gasteiger charge is 2.08. The molecule has 0 aliphatic heterocycles. The third-order valence-corrected chi connectivity index (χ3v) is 2.68. The van der Waals surface area contributed by atoms with Crippen LogP contribution in [0.3, 0.4) is 0 Å². The second kappa shape index (κ2) is 5.40. The molecule has 1 N–H and O–H groups in total. The van der Waals surface area contributed by atoms with Crippen molar-refractivity contribution >= 4 is 5.97 Å². The number of aromatic nitrogens is 1. The molecule has 0 aliphatic rings. The summed E-state index contributed by atoms with van der Waals surface area (Å²) in [4.78, 5) is 14.8. The van der Waals surface area contributed by atoms with E-state index in [-0.39, 0.29) is 5.56 Å². The van der Waals surface area contributed by atoms with Gasteiger partial charge in [-0.25, -0.2) is 9.18 Å². The van der Waals surface area contributed by atoms with Crippen LogP contribution in [0, 0.1) is 5.82 Å². The van der Waals surface area contributed by atoms with E-state index in [2.05, 4.69) is 4.98 Å². The van der Waals surface area contributed by atoms with Crippen LogP contribution in [-0.4, -0.2) is 16.1 Å². The molecule has 4 heteroatoms. The first kappa shape index (κ1) is 12.2. The van der Waals surface area contributed by atoms with E-state index in [1.54, 1.807) is 6.20 Å². The van der Waals surface area contributed by atoms with Crippen molar-refractivity contribution in [3.05, 3.63) is 65.2 Å². The second-order valence-electron chi connectivity index (χ2n) is 3.93. The normalized spacial score (nSPS) is 10.3. The number of pyridine rings is 1. The Hall–Kier alpha value is -2.23. The van der Waals surface area contributed by atoms with Crippen LogP contribution < -0.4 is 0 Å². The van der Waals surface area contributed by atoms with Gasteiger partial charge in [0.15, 0.2) is 0 Å². The Kier molecular flexibility index (Phi) is 3.67. The van der Waals surface area contributed by atoms with Gasteiger partial charge in [-0.3, -0.25) is 4.98 Å². The first-order valence-corrected chi connectivity index (χ1v) is 5.58. The zero-order chi connectivity index (χ0) is 13.0. The Labute approximate surface area is 104 Å². The molecule has 0 unspecified atom stereocenters. The Morgan fingerprint density at radius 2 is 2.06 bits per heavy atom. The standard InChI is InChI=1S/C14H12FNO2/c15-13-9-11(14(17)18)5-4-10(13)6-7-12-3-1-2-8-16-12/h1-5,8-9H,6-7H2,(H,17,18). The summed E-state index contributed by atoms with van der Waals surface area (Å²) in [5, 5.41) is 8.73. The van der Waals surface area contributed by atoms with E-state index in [4.69, 9.17) is 5.11 Å². The van der Waals surface area contributed by atoms with Crippen molar-refractivity contribution in [3.8, 4) is 0 Å². The molecular weight excluding hydrogens is 233 g/mol. The average molecular weight is 245 g/mol. The molecule has 0 fully saturated rings. The van der Waals surface area contributed by atoms with Crippen molar-refractivity contribution in [1.82, 2.24) is 4.98 Å². The number of carboxylic acid groups (broad SMARTS) is 1. The van der Waals surface area contributed by atoms with Crippen molar-refractivity contribution in [2.24, 2.45) is 0 Å². The highest BCUT2D eigenvalue weighted by atomic mass is 19.1. The molecule has 1 aromatic carbocycles. The summed E-state index contributed by atoms with van der Waals surface area (Å²) in [5.41, 5.74) is 1.36. The average Bonchev–Trinajstić information content (AvgIpc) is 2.38. The van der Waals surface area contributed by atoms with Gasteiger partial charge < -0.3 is 5.11 Å². The summed E-state index contributed by atoms with van der Waals surface area (Å²) < 4.78 is 13.6. The van der Waals surface area contributed by atoms with E-state index in [1.807, 2.05) is 18.2 Å². The summed E-state index contributed by atoms with van der Waals surface area (Å²) in [6, 6.07) is 9.57. The van der Waals surface area contributed by atoms with Gasteiger partial charge in [-0.15, -0.1) is 0 Å². The van der Waals surface area contributed by atoms with E-state index in [9.17, 15) is 9.18 Å². The van der Waals surface area contributed by atoms with Crippen LogP contribution in [0.2, 0.25) is 0 Å². The number of rotatable bonds is 4. The molecule has 2 aromatic rings. The van der Waals surface area contributed by atoms with E-state index >= 15 is 0 Å². The molecule has 0 saturated carbocycles. The lowest BCUT2D eigenvalue weighted by Crippen LogP contribution is -2.01. The molecule has 3 nitrogen and oxygen atoms in total. The minimum atomic E-state index is -1.12. The molecule has 1 heterocycles. The molecule has 0 aliphatic carbocycles. The number of aromatic carboxylic acids is 1. The Morgan fingerprint density at radius 3 is 2.67 bits per heavy atom. The van der Waals surface area contributed by atoms with E-state index in [0.717, 1.165) is 11.8 Å². The molecule has 0 radical (unpaired) electrons. The van der Waals surface area contributed by atoms with Crippen LogP contribution in [0.25, 0.3) is 0 Å². The number of hydrogen-bond acceptors (Lipinski definition) is 2. The van der Waals surface area contributed by atoms with Gasteiger partial charge in [0.25, 0.3) is 0 Å². The SMILES string of the molecule is O=C(O)c1ccc(CCc2ccccn2)c(F)c1. The zero-order valence-electron chi connectivity index (χ0n) is 9.64. The number of aryl methyl sites for hydroxylation is 2. The monoisotopic (exact) mass is 245 g/mol. The van der Waals surface area contributed by atoms with Gasteiger partial charge in [-0.2, -0.15) is 0 Å². The fraction of sp³-hybridized carbons (Fsp3) is 0.143. The number of benzene rings is 1.